The molecule has 0 saturated heterocycles. The average Bonchev–Trinajstić information content (AvgIpc) is 2.48. The number of hydrogen-bond donors (Lipinski definition) is 1. The zero-order chi connectivity index (χ0) is 10.3. The van der Waals surface area contributed by atoms with E-state index >= 15 is 0 Å². The molecule has 4 heteroatoms. The monoisotopic (exact) mass is 191 g/mol. The first kappa shape index (κ1) is 9.15. The van der Waals surface area contributed by atoms with Gasteiger partial charge in [0.05, 0.1) is 0 Å². The van der Waals surface area contributed by atoms with Gasteiger partial charge in [-0.1, -0.05) is 6.07 Å². The largest absolute Gasteiger partial charge is 0.382 e. The van der Waals surface area contributed by atoms with Crippen molar-refractivity contribution >= 4 is 5.65 Å². The second-order valence-corrected chi connectivity index (χ2v) is 3.95. The molecule has 0 fully saturated rings. The Bertz CT molecular complexity index is 468. The van der Waals surface area contributed by atoms with Gasteiger partial charge in [0.15, 0.2) is 11.5 Å². The highest BCUT2D eigenvalue weighted by Crippen LogP contribution is 2.17. The third-order valence-electron chi connectivity index (χ3n) is 2.10. The Balaban J connectivity index is 2.69. The van der Waals surface area contributed by atoms with E-state index in [1.165, 1.54) is 0 Å². The molecular formula is C10H13N3O. The second kappa shape index (κ2) is 2.78. The lowest BCUT2D eigenvalue weighted by atomic mass is 10.1. The third kappa shape index (κ3) is 1.37. The van der Waals surface area contributed by atoms with Gasteiger partial charge in [0.25, 0.3) is 0 Å². The molecule has 2 heterocycles. The lowest BCUT2D eigenvalue weighted by molar-refractivity contribution is 0.0690. The molecule has 2 rings (SSSR count). The van der Waals surface area contributed by atoms with Crippen molar-refractivity contribution < 1.29 is 5.11 Å². The fraction of sp³-hybridized carbons (Fsp3) is 0.400. The van der Waals surface area contributed by atoms with Crippen molar-refractivity contribution in [2.45, 2.75) is 26.4 Å². The van der Waals surface area contributed by atoms with E-state index in [9.17, 15) is 5.11 Å². The topological polar surface area (TPSA) is 50.4 Å². The SMILES string of the molecule is Cc1cccn2nc(C(C)(C)O)nc12. The van der Waals surface area contributed by atoms with Gasteiger partial charge in [0.1, 0.15) is 5.60 Å². The summed E-state index contributed by atoms with van der Waals surface area (Å²) in [5.74, 6) is 0.451. The summed E-state index contributed by atoms with van der Waals surface area (Å²) in [5.41, 5.74) is 0.860. The Morgan fingerprint density at radius 2 is 2.14 bits per heavy atom. The summed E-state index contributed by atoms with van der Waals surface area (Å²) in [7, 11) is 0. The minimum Gasteiger partial charge on any atom is -0.382 e. The molecule has 4 nitrogen and oxygen atoms in total. The van der Waals surface area contributed by atoms with Crippen LogP contribution in [0.25, 0.3) is 5.65 Å². The van der Waals surface area contributed by atoms with E-state index in [0.29, 0.717) is 5.82 Å². The van der Waals surface area contributed by atoms with Crippen molar-refractivity contribution in [3.8, 4) is 0 Å². The maximum absolute atomic E-state index is 9.74. The summed E-state index contributed by atoms with van der Waals surface area (Å²) in [6.45, 7) is 5.33. The van der Waals surface area contributed by atoms with Crippen LogP contribution in [-0.2, 0) is 5.60 Å². The molecule has 0 aliphatic carbocycles. The maximum atomic E-state index is 9.74. The minimum atomic E-state index is -0.988. The Labute approximate surface area is 82.2 Å². The molecule has 0 bridgehead atoms. The Morgan fingerprint density at radius 3 is 2.71 bits per heavy atom. The van der Waals surface area contributed by atoms with E-state index in [1.807, 2.05) is 25.3 Å². The van der Waals surface area contributed by atoms with E-state index in [1.54, 1.807) is 18.4 Å². The van der Waals surface area contributed by atoms with Crippen molar-refractivity contribution in [3.63, 3.8) is 0 Å². The van der Waals surface area contributed by atoms with Crippen LogP contribution in [0.15, 0.2) is 18.3 Å². The molecule has 0 aliphatic rings. The van der Waals surface area contributed by atoms with Crippen molar-refractivity contribution in [1.29, 1.82) is 0 Å². The number of aryl methyl sites for hydroxylation is 1. The molecule has 0 unspecified atom stereocenters. The van der Waals surface area contributed by atoms with Crippen molar-refractivity contribution in [3.05, 3.63) is 29.7 Å². The Hall–Kier alpha value is -1.42. The first-order valence-electron chi connectivity index (χ1n) is 4.53. The van der Waals surface area contributed by atoms with Gasteiger partial charge in [-0.05, 0) is 32.4 Å². The van der Waals surface area contributed by atoms with Crippen molar-refractivity contribution in [2.24, 2.45) is 0 Å². The fourth-order valence-corrected chi connectivity index (χ4v) is 1.30. The smallest absolute Gasteiger partial charge is 0.182 e. The van der Waals surface area contributed by atoms with Crippen LogP contribution >= 0.6 is 0 Å². The first-order valence-corrected chi connectivity index (χ1v) is 4.53. The fourth-order valence-electron chi connectivity index (χ4n) is 1.30. The van der Waals surface area contributed by atoms with E-state index in [2.05, 4.69) is 10.1 Å². The van der Waals surface area contributed by atoms with E-state index in [-0.39, 0.29) is 0 Å². The predicted octanol–water partition coefficient (Wildman–Crippen LogP) is 1.27. The van der Waals surface area contributed by atoms with Gasteiger partial charge in [-0.15, -0.1) is 5.10 Å². The van der Waals surface area contributed by atoms with Gasteiger partial charge in [0, 0.05) is 6.20 Å². The van der Waals surface area contributed by atoms with Gasteiger partial charge >= 0.3 is 0 Å². The van der Waals surface area contributed by atoms with Gasteiger partial charge in [-0.3, -0.25) is 0 Å². The molecule has 0 saturated carbocycles. The quantitative estimate of drug-likeness (QED) is 0.738. The zero-order valence-electron chi connectivity index (χ0n) is 8.52. The van der Waals surface area contributed by atoms with Crippen LogP contribution in [0.4, 0.5) is 0 Å². The van der Waals surface area contributed by atoms with E-state index < -0.39 is 5.60 Å². The molecule has 0 aliphatic heterocycles. The zero-order valence-corrected chi connectivity index (χ0v) is 8.52. The summed E-state index contributed by atoms with van der Waals surface area (Å²) < 4.78 is 1.68. The predicted molar refractivity (Wildman–Crippen MR) is 53.0 cm³/mol. The highest BCUT2D eigenvalue weighted by molar-refractivity contribution is 5.46. The van der Waals surface area contributed by atoms with Crippen LogP contribution < -0.4 is 0 Å². The summed E-state index contributed by atoms with van der Waals surface area (Å²) in [6, 6.07) is 3.88. The minimum absolute atomic E-state index is 0.451. The molecule has 0 radical (unpaired) electrons. The van der Waals surface area contributed by atoms with E-state index in [4.69, 9.17) is 0 Å². The summed E-state index contributed by atoms with van der Waals surface area (Å²) in [4.78, 5) is 4.29. The standard InChI is InChI=1S/C10H13N3O/c1-7-5-4-6-13-8(7)11-9(12-13)10(2,3)14/h4-6,14H,1-3H3. The average molecular weight is 191 g/mol. The number of pyridine rings is 1. The molecule has 0 spiro atoms. The third-order valence-corrected chi connectivity index (χ3v) is 2.10. The summed E-state index contributed by atoms with van der Waals surface area (Å²) in [6.07, 6.45) is 1.82. The number of aromatic nitrogens is 3. The normalized spacial score (nSPS) is 12.3. The number of fused-ring (bicyclic) bond motifs is 1. The van der Waals surface area contributed by atoms with Crippen LogP contribution in [0.2, 0.25) is 0 Å². The number of rotatable bonds is 1. The van der Waals surface area contributed by atoms with Gasteiger partial charge < -0.3 is 5.11 Å². The summed E-state index contributed by atoms with van der Waals surface area (Å²) >= 11 is 0. The van der Waals surface area contributed by atoms with Crippen molar-refractivity contribution in [1.82, 2.24) is 14.6 Å². The lowest BCUT2D eigenvalue weighted by Crippen LogP contribution is -2.17. The first-order chi connectivity index (χ1) is 6.48. The molecule has 74 valence electrons. The Morgan fingerprint density at radius 1 is 1.43 bits per heavy atom. The van der Waals surface area contributed by atoms with Crippen LogP contribution in [0, 0.1) is 6.92 Å². The van der Waals surface area contributed by atoms with Crippen LogP contribution in [-0.4, -0.2) is 19.7 Å². The second-order valence-electron chi connectivity index (χ2n) is 3.95. The van der Waals surface area contributed by atoms with Crippen LogP contribution in [0.1, 0.15) is 25.2 Å². The van der Waals surface area contributed by atoms with Crippen LogP contribution in [0.5, 0.6) is 0 Å². The Kier molecular flexibility index (Phi) is 1.82. The molecule has 14 heavy (non-hydrogen) atoms. The van der Waals surface area contributed by atoms with Crippen molar-refractivity contribution in [2.75, 3.05) is 0 Å². The molecule has 2 aromatic heterocycles. The number of aliphatic hydroxyl groups is 1. The van der Waals surface area contributed by atoms with Gasteiger partial charge in [0.2, 0.25) is 0 Å². The lowest BCUT2D eigenvalue weighted by Gasteiger charge is -2.10. The highest BCUT2D eigenvalue weighted by Gasteiger charge is 2.22. The molecule has 2 aromatic rings. The van der Waals surface area contributed by atoms with Crippen LogP contribution in [0.3, 0.4) is 0 Å². The van der Waals surface area contributed by atoms with Gasteiger partial charge in [-0.25, -0.2) is 9.50 Å². The molecule has 0 amide bonds. The molecular weight excluding hydrogens is 178 g/mol. The number of nitrogens with zero attached hydrogens (tertiary/aromatic N) is 3. The molecule has 0 aromatic carbocycles. The molecule has 0 atom stereocenters. The van der Waals surface area contributed by atoms with Gasteiger partial charge in [-0.2, -0.15) is 0 Å². The maximum Gasteiger partial charge on any atom is 0.182 e. The van der Waals surface area contributed by atoms with E-state index in [0.717, 1.165) is 11.2 Å². The number of hydrogen-bond acceptors (Lipinski definition) is 3. The molecule has 1 N–H and O–H groups in total. The highest BCUT2D eigenvalue weighted by atomic mass is 16.3. The summed E-state index contributed by atoms with van der Waals surface area (Å²) in [5, 5.41) is 13.9.